The minimum absolute atomic E-state index is 0.157. The van der Waals surface area contributed by atoms with Crippen LogP contribution in [0.5, 0.6) is 6.01 Å². The average molecular weight is 355 g/mol. The summed E-state index contributed by atoms with van der Waals surface area (Å²) in [5.74, 6) is 0.764. The minimum Gasteiger partial charge on any atom is -0.464 e. The van der Waals surface area contributed by atoms with Crippen LogP contribution in [-0.4, -0.2) is 26.2 Å². The first-order valence-corrected chi connectivity index (χ1v) is 8.34. The van der Waals surface area contributed by atoms with Crippen molar-refractivity contribution in [2.24, 2.45) is 0 Å². The number of hydrogen-bond acceptors (Lipinski definition) is 5. The molecule has 0 amide bonds. The maximum Gasteiger partial charge on any atom is 0.321 e. The smallest absolute Gasteiger partial charge is 0.321 e. The molecule has 5 nitrogen and oxygen atoms in total. The van der Waals surface area contributed by atoms with Gasteiger partial charge < -0.3 is 4.74 Å². The van der Waals surface area contributed by atoms with Crippen molar-refractivity contribution in [1.82, 2.24) is 19.6 Å². The fraction of sp³-hybridized carbons (Fsp3) is 0.214. The van der Waals surface area contributed by atoms with Crippen molar-refractivity contribution < 1.29 is 4.74 Å². The first kappa shape index (κ1) is 15.4. The summed E-state index contributed by atoms with van der Waals surface area (Å²) in [7, 11) is 0. The molecule has 22 heavy (non-hydrogen) atoms. The van der Waals surface area contributed by atoms with Crippen LogP contribution in [0.2, 0.25) is 10.2 Å². The van der Waals surface area contributed by atoms with E-state index in [0.29, 0.717) is 17.4 Å². The summed E-state index contributed by atoms with van der Waals surface area (Å²) in [4.78, 5) is 8.49. The molecule has 0 N–H and O–H groups in total. The number of fused-ring (bicyclic) bond motifs is 1. The van der Waals surface area contributed by atoms with Gasteiger partial charge in [0.2, 0.25) is 5.16 Å². The topological polar surface area (TPSA) is 52.3 Å². The Hall–Kier alpha value is -1.50. The number of halogens is 2. The standard InChI is InChI=1S/C14H12Cl2N4OS/c1-2-21-14-17-11(16)10(15)12-18-13(19-20(12)14)22-8-9-6-4-3-5-7-9/h3-7H,2,8H2,1H3. The van der Waals surface area contributed by atoms with Gasteiger partial charge in [-0.3, -0.25) is 0 Å². The van der Waals surface area contributed by atoms with E-state index in [4.69, 9.17) is 27.9 Å². The van der Waals surface area contributed by atoms with Gasteiger partial charge in [0, 0.05) is 5.75 Å². The Kier molecular flexibility index (Phi) is 4.71. The van der Waals surface area contributed by atoms with E-state index >= 15 is 0 Å². The summed E-state index contributed by atoms with van der Waals surface area (Å²) in [5.41, 5.74) is 1.64. The van der Waals surface area contributed by atoms with Crippen molar-refractivity contribution in [2.75, 3.05) is 6.61 Å². The van der Waals surface area contributed by atoms with Gasteiger partial charge in [-0.1, -0.05) is 65.3 Å². The number of hydrogen-bond donors (Lipinski definition) is 0. The molecule has 0 aliphatic carbocycles. The van der Waals surface area contributed by atoms with Gasteiger partial charge >= 0.3 is 6.01 Å². The molecule has 8 heteroatoms. The number of aromatic nitrogens is 4. The maximum atomic E-state index is 6.15. The molecular weight excluding hydrogens is 343 g/mol. The molecule has 0 radical (unpaired) electrons. The Labute approximate surface area is 141 Å². The summed E-state index contributed by atoms with van der Waals surface area (Å²) < 4.78 is 6.91. The third kappa shape index (κ3) is 3.14. The minimum atomic E-state index is 0.157. The molecule has 0 saturated heterocycles. The molecule has 0 bridgehead atoms. The van der Waals surface area contributed by atoms with E-state index in [1.807, 2.05) is 25.1 Å². The van der Waals surface area contributed by atoms with E-state index in [1.165, 1.54) is 21.8 Å². The number of ether oxygens (including phenoxy) is 1. The van der Waals surface area contributed by atoms with Gasteiger partial charge in [0.25, 0.3) is 0 Å². The van der Waals surface area contributed by atoms with E-state index in [2.05, 4.69) is 27.2 Å². The Bertz CT molecular complexity index is 794. The molecule has 0 aliphatic rings. The summed E-state index contributed by atoms with van der Waals surface area (Å²) in [6.45, 7) is 2.31. The SMILES string of the molecule is CCOc1nc(Cl)c(Cl)c2nc(SCc3ccccc3)nn12. The zero-order chi connectivity index (χ0) is 15.5. The second kappa shape index (κ2) is 6.73. The van der Waals surface area contributed by atoms with Crippen LogP contribution in [0.15, 0.2) is 35.5 Å². The summed E-state index contributed by atoms with van der Waals surface area (Å²) >= 11 is 13.7. The van der Waals surface area contributed by atoms with Gasteiger partial charge in [0.05, 0.1) is 6.61 Å². The van der Waals surface area contributed by atoms with E-state index in [-0.39, 0.29) is 16.2 Å². The van der Waals surface area contributed by atoms with Crippen molar-refractivity contribution >= 4 is 40.6 Å². The lowest BCUT2D eigenvalue weighted by atomic mass is 10.2. The predicted octanol–water partition coefficient (Wildman–Crippen LogP) is 4.12. The zero-order valence-corrected chi connectivity index (χ0v) is 14.0. The molecule has 1 aromatic carbocycles. The highest BCUT2D eigenvalue weighted by molar-refractivity contribution is 7.98. The lowest BCUT2D eigenvalue weighted by Crippen LogP contribution is -2.03. The van der Waals surface area contributed by atoms with Crippen LogP contribution in [0, 0.1) is 0 Å². The van der Waals surface area contributed by atoms with Crippen LogP contribution in [0.4, 0.5) is 0 Å². The quantitative estimate of drug-likeness (QED) is 0.509. The predicted molar refractivity (Wildman–Crippen MR) is 88.0 cm³/mol. The molecule has 0 saturated carbocycles. The third-order valence-electron chi connectivity index (χ3n) is 2.82. The van der Waals surface area contributed by atoms with Gasteiger partial charge in [-0.25, -0.2) is 0 Å². The van der Waals surface area contributed by atoms with Gasteiger partial charge in [-0.2, -0.15) is 14.5 Å². The van der Waals surface area contributed by atoms with Crippen molar-refractivity contribution in [3.63, 3.8) is 0 Å². The summed E-state index contributed by atoms with van der Waals surface area (Å²) in [6.07, 6.45) is 0. The van der Waals surface area contributed by atoms with Crippen LogP contribution in [0.1, 0.15) is 12.5 Å². The number of thioether (sulfide) groups is 1. The van der Waals surface area contributed by atoms with Crippen molar-refractivity contribution in [1.29, 1.82) is 0 Å². The Morgan fingerprint density at radius 3 is 2.68 bits per heavy atom. The first-order chi connectivity index (χ1) is 10.7. The average Bonchev–Trinajstić information content (AvgIpc) is 2.96. The van der Waals surface area contributed by atoms with E-state index in [0.717, 1.165) is 5.75 Å². The monoisotopic (exact) mass is 354 g/mol. The molecular formula is C14H12Cl2N4OS. The van der Waals surface area contributed by atoms with E-state index in [1.54, 1.807) is 0 Å². The number of benzene rings is 1. The van der Waals surface area contributed by atoms with Gasteiger partial charge in [-0.05, 0) is 12.5 Å². The lowest BCUT2D eigenvalue weighted by Gasteiger charge is -2.04. The largest absolute Gasteiger partial charge is 0.464 e. The summed E-state index contributed by atoms with van der Waals surface area (Å²) in [5, 5.41) is 5.40. The van der Waals surface area contributed by atoms with Crippen molar-refractivity contribution in [2.45, 2.75) is 17.8 Å². The Morgan fingerprint density at radius 2 is 1.95 bits per heavy atom. The van der Waals surface area contributed by atoms with Crippen LogP contribution in [0.3, 0.4) is 0 Å². The summed E-state index contributed by atoms with van der Waals surface area (Å²) in [6, 6.07) is 10.4. The second-order valence-corrected chi connectivity index (χ2v) is 6.01. The van der Waals surface area contributed by atoms with Gasteiger partial charge in [0.15, 0.2) is 10.8 Å². The van der Waals surface area contributed by atoms with Gasteiger partial charge in [-0.15, -0.1) is 5.10 Å². The lowest BCUT2D eigenvalue weighted by molar-refractivity contribution is 0.302. The molecule has 0 atom stereocenters. The molecule has 2 heterocycles. The van der Waals surface area contributed by atoms with Crippen LogP contribution in [-0.2, 0) is 5.75 Å². The van der Waals surface area contributed by atoms with Crippen LogP contribution in [0.25, 0.3) is 5.65 Å². The zero-order valence-electron chi connectivity index (χ0n) is 11.7. The highest BCUT2D eigenvalue weighted by Gasteiger charge is 2.17. The first-order valence-electron chi connectivity index (χ1n) is 6.60. The van der Waals surface area contributed by atoms with Crippen molar-refractivity contribution in [3.05, 3.63) is 46.1 Å². The molecule has 0 unspecified atom stereocenters. The molecule has 0 spiro atoms. The van der Waals surface area contributed by atoms with Crippen molar-refractivity contribution in [3.8, 4) is 6.01 Å². The fourth-order valence-corrected chi connectivity index (χ4v) is 2.95. The molecule has 0 aliphatic heterocycles. The molecule has 0 fully saturated rings. The molecule has 3 rings (SSSR count). The van der Waals surface area contributed by atoms with Crippen LogP contribution < -0.4 is 4.74 Å². The highest BCUT2D eigenvalue weighted by atomic mass is 35.5. The van der Waals surface area contributed by atoms with E-state index in [9.17, 15) is 0 Å². The molecule has 114 valence electrons. The maximum absolute atomic E-state index is 6.15. The third-order valence-corrected chi connectivity index (χ3v) is 4.45. The molecule has 2 aromatic heterocycles. The normalized spacial score (nSPS) is 11.0. The second-order valence-electron chi connectivity index (χ2n) is 4.34. The Morgan fingerprint density at radius 1 is 1.18 bits per heavy atom. The van der Waals surface area contributed by atoms with E-state index < -0.39 is 0 Å². The number of rotatable bonds is 5. The Balaban J connectivity index is 1.91. The van der Waals surface area contributed by atoms with Gasteiger partial charge in [0.1, 0.15) is 5.02 Å². The fourth-order valence-electron chi connectivity index (χ4n) is 1.85. The highest BCUT2D eigenvalue weighted by Crippen LogP contribution is 2.29. The number of nitrogens with zero attached hydrogens (tertiary/aromatic N) is 4. The molecule has 3 aromatic rings. The van der Waals surface area contributed by atoms with Crippen LogP contribution >= 0.6 is 35.0 Å².